The Balaban J connectivity index is 1.64. The standard InChI is InChI=1S/C19H26N2O2S/c1-24-13-5-11-21-17-10-12-20(14-16(17)8-9-18(21)22)19(23)15-6-3-2-4-7-15/h2-4,6-7,16-17H,5,8-14H2,1H3. The van der Waals surface area contributed by atoms with E-state index in [1.807, 2.05) is 47.0 Å². The average Bonchev–Trinajstić information content (AvgIpc) is 2.63. The molecule has 2 aliphatic rings. The first-order chi connectivity index (χ1) is 11.7. The first-order valence-corrected chi connectivity index (χ1v) is 10.2. The summed E-state index contributed by atoms with van der Waals surface area (Å²) in [4.78, 5) is 29.1. The maximum Gasteiger partial charge on any atom is 0.253 e. The number of fused-ring (bicyclic) bond motifs is 1. The van der Waals surface area contributed by atoms with Gasteiger partial charge in [-0.3, -0.25) is 9.59 Å². The molecule has 0 aliphatic carbocycles. The maximum atomic E-state index is 12.7. The summed E-state index contributed by atoms with van der Waals surface area (Å²) in [5.74, 6) is 1.96. The topological polar surface area (TPSA) is 40.6 Å². The van der Waals surface area contributed by atoms with E-state index < -0.39 is 0 Å². The summed E-state index contributed by atoms with van der Waals surface area (Å²) in [7, 11) is 0. The van der Waals surface area contributed by atoms with Crippen molar-refractivity contribution in [2.24, 2.45) is 5.92 Å². The van der Waals surface area contributed by atoms with Crippen molar-refractivity contribution in [1.82, 2.24) is 9.80 Å². The Morgan fingerprint density at radius 1 is 1.25 bits per heavy atom. The van der Waals surface area contributed by atoms with Gasteiger partial charge in [0, 0.05) is 37.7 Å². The summed E-state index contributed by atoms with van der Waals surface area (Å²) in [5, 5.41) is 0. The third-order valence-electron chi connectivity index (χ3n) is 5.20. The molecule has 2 fully saturated rings. The van der Waals surface area contributed by atoms with Gasteiger partial charge in [0.2, 0.25) is 5.91 Å². The van der Waals surface area contributed by atoms with Crippen LogP contribution in [0.3, 0.4) is 0 Å². The zero-order chi connectivity index (χ0) is 16.9. The van der Waals surface area contributed by atoms with E-state index in [0.29, 0.717) is 24.3 Å². The number of nitrogens with zero attached hydrogens (tertiary/aromatic N) is 2. The van der Waals surface area contributed by atoms with Crippen LogP contribution in [0.5, 0.6) is 0 Å². The molecule has 0 N–H and O–H groups in total. The van der Waals surface area contributed by atoms with Gasteiger partial charge in [-0.25, -0.2) is 0 Å². The summed E-state index contributed by atoms with van der Waals surface area (Å²) in [6.45, 7) is 2.40. The van der Waals surface area contributed by atoms with Crippen molar-refractivity contribution in [1.29, 1.82) is 0 Å². The first-order valence-electron chi connectivity index (χ1n) is 8.83. The molecule has 1 aromatic rings. The Bertz CT molecular complexity index is 578. The molecular weight excluding hydrogens is 320 g/mol. The van der Waals surface area contributed by atoms with E-state index in [9.17, 15) is 9.59 Å². The van der Waals surface area contributed by atoms with Gasteiger partial charge in [-0.05, 0) is 49.3 Å². The van der Waals surface area contributed by atoms with E-state index in [2.05, 4.69) is 11.2 Å². The lowest BCUT2D eigenvalue weighted by molar-refractivity contribution is -0.140. The predicted octanol–water partition coefficient (Wildman–Crippen LogP) is 2.89. The molecule has 2 unspecified atom stereocenters. The normalized spacial score (nSPS) is 24.0. The molecule has 1 aromatic carbocycles. The van der Waals surface area contributed by atoms with E-state index in [1.54, 1.807) is 0 Å². The summed E-state index contributed by atoms with van der Waals surface area (Å²) < 4.78 is 0. The van der Waals surface area contributed by atoms with Crippen molar-refractivity contribution in [2.75, 3.05) is 31.6 Å². The van der Waals surface area contributed by atoms with Crippen molar-refractivity contribution >= 4 is 23.6 Å². The van der Waals surface area contributed by atoms with Gasteiger partial charge in [-0.15, -0.1) is 0 Å². The largest absolute Gasteiger partial charge is 0.339 e. The quantitative estimate of drug-likeness (QED) is 0.770. The van der Waals surface area contributed by atoms with E-state index >= 15 is 0 Å². The molecule has 130 valence electrons. The van der Waals surface area contributed by atoms with Crippen molar-refractivity contribution in [3.8, 4) is 0 Å². The second-order valence-electron chi connectivity index (χ2n) is 6.71. The number of likely N-dealkylation sites (tertiary alicyclic amines) is 2. The van der Waals surface area contributed by atoms with Crippen molar-refractivity contribution in [3.63, 3.8) is 0 Å². The van der Waals surface area contributed by atoms with Gasteiger partial charge in [-0.1, -0.05) is 18.2 Å². The van der Waals surface area contributed by atoms with Crippen LogP contribution >= 0.6 is 11.8 Å². The second kappa shape index (κ2) is 8.06. The van der Waals surface area contributed by atoms with Gasteiger partial charge in [0.25, 0.3) is 5.91 Å². The lowest BCUT2D eigenvalue weighted by Crippen LogP contribution is -2.57. The number of thioether (sulfide) groups is 1. The molecule has 2 aliphatic heterocycles. The number of rotatable bonds is 5. The number of hydrogen-bond donors (Lipinski definition) is 0. The molecule has 2 heterocycles. The third kappa shape index (κ3) is 3.77. The summed E-state index contributed by atoms with van der Waals surface area (Å²) in [5.41, 5.74) is 0.764. The van der Waals surface area contributed by atoms with Gasteiger partial charge in [0.15, 0.2) is 0 Å². The minimum absolute atomic E-state index is 0.125. The zero-order valence-corrected chi connectivity index (χ0v) is 15.1. The van der Waals surface area contributed by atoms with E-state index in [1.165, 1.54) is 0 Å². The summed E-state index contributed by atoms with van der Waals surface area (Å²) in [6, 6.07) is 9.84. The monoisotopic (exact) mass is 346 g/mol. The third-order valence-corrected chi connectivity index (χ3v) is 5.90. The smallest absolute Gasteiger partial charge is 0.253 e. The minimum Gasteiger partial charge on any atom is -0.339 e. The number of carbonyl (C=O) groups excluding carboxylic acids is 2. The van der Waals surface area contributed by atoms with E-state index in [4.69, 9.17) is 0 Å². The van der Waals surface area contributed by atoms with Gasteiger partial charge in [0.1, 0.15) is 0 Å². The first kappa shape index (κ1) is 17.3. The molecule has 0 spiro atoms. The van der Waals surface area contributed by atoms with Crippen molar-refractivity contribution in [3.05, 3.63) is 35.9 Å². The Morgan fingerprint density at radius 3 is 2.79 bits per heavy atom. The summed E-state index contributed by atoms with van der Waals surface area (Å²) >= 11 is 1.83. The maximum absolute atomic E-state index is 12.7. The Morgan fingerprint density at radius 2 is 2.04 bits per heavy atom. The van der Waals surface area contributed by atoms with Gasteiger partial charge >= 0.3 is 0 Å². The van der Waals surface area contributed by atoms with Gasteiger partial charge in [-0.2, -0.15) is 11.8 Å². The molecular formula is C19H26N2O2S. The Kier molecular flexibility index (Phi) is 5.82. The molecule has 0 saturated carbocycles. The van der Waals surface area contributed by atoms with E-state index in [0.717, 1.165) is 50.2 Å². The van der Waals surface area contributed by atoms with E-state index in [-0.39, 0.29) is 5.91 Å². The Hall–Kier alpha value is -1.49. The highest BCUT2D eigenvalue weighted by Gasteiger charge is 2.40. The minimum atomic E-state index is 0.125. The highest BCUT2D eigenvalue weighted by Crippen LogP contribution is 2.32. The van der Waals surface area contributed by atoms with Crippen LogP contribution in [0.4, 0.5) is 0 Å². The molecule has 2 amide bonds. The highest BCUT2D eigenvalue weighted by molar-refractivity contribution is 7.98. The van der Waals surface area contributed by atoms with Crippen molar-refractivity contribution < 1.29 is 9.59 Å². The highest BCUT2D eigenvalue weighted by atomic mass is 32.2. The number of hydrogen-bond acceptors (Lipinski definition) is 3. The average molecular weight is 346 g/mol. The number of amides is 2. The SMILES string of the molecule is CSCCCN1C(=O)CCC2CN(C(=O)c3ccccc3)CCC21. The fourth-order valence-electron chi connectivity index (χ4n) is 3.97. The molecule has 0 bridgehead atoms. The molecule has 0 aromatic heterocycles. The predicted molar refractivity (Wildman–Crippen MR) is 98.2 cm³/mol. The van der Waals surface area contributed by atoms with Crippen LogP contribution in [0.25, 0.3) is 0 Å². The second-order valence-corrected chi connectivity index (χ2v) is 7.69. The van der Waals surface area contributed by atoms with Crippen LogP contribution in [0.2, 0.25) is 0 Å². The number of benzene rings is 1. The molecule has 0 radical (unpaired) electrons. The Labute approximate surface area is 148 Å². The molecule has 4 nitrogen and oxygen atoms in total. The molecule has 24 heavy (non-hydrogen) atoms. The number of piperidine rings is 2. The fourth-order valence-corrected chi connectivity index (χ4v) is 4.39. The van der Waals surface area contributed by atoms with Gasteiger partial charge < -0.3 is 9.80 Å². The molecule has 3 rings (SSSR count). The van der Waals surface area contributed by atoms with Crippen LogP contribution in [0.1, 0.15) is 36.0 Å². The summed E-state index contributed by atoms with van der Waals surface area (Å²) in [6.07, 6.45) is 5.63. The van der Waals surface area contributed by atoms with Crippen LogP contribution in [0, 0.1) is 5.92 Å². The zero-order valence-electron chi connectivity index (χ0n) is 14.3. The van der Waals surface area contributed by atoms with Crippen LogP contribution in [0.15, 0.2) is 30.3 Å². The molecule has 2 atom stereocenters. The lowest BCUT2D eigenvalue weighted by atomic mass is 9.83. The number of carbonyl (C=O) groups is 2. The van der Waals surface area contributed by atoms with Crippen molar-refractivity contribution in [2.45, 2.75) is 31.7 Å². The van der Waals surface area contributed by atoms with Crippen LogP contribution < -0.4 is 0 Å². The fraction of sp³-hybridized carbons (Fsp3) is 0.579. The van der Waals surface area contributed by atoms with Crippen LogP contribution in [-0.4, -0.2) is 59.3 Å². The molecule has 2 saturated heterocycles. The van der Waals surface area contributed by atoms with Gasteiger partial charge in [0.05, 0.1) is 0 Å². The van der Waals surface area contributed by atoms with Crippen LogP contribution in [-0.2, 0) is 4.79 Å². The molecule has 5 heteroatoms. The lowest BCUT2D eigenvalue weighted by Gasteiger charge is -2.47.